The third kappa shape index (κ3) is 24.2. The summed E-state index contributed by atoms with van der Waals surface area (Å²) in [5.41, 5.74) is 2.40. The highest BCUT2D eigenvalue weighted by molar-refractivity contribution is 7.99. The molecule has 3 aliphatic heterocycles. The normalized spacial score (nSPS) is 17.9. The first kappa shape index (κ1) is 86.9. The number of aliphatic carboxylic acids is 1. The molecule has 33 heteroatoms. The number of sulfonamides is 1. The van der Waals surface area contributed by atoms with E-state index in [0.29, 0.717) is 82.6 Å². The number of hydrogen-bond donors (Lipinski definition) is 6. The molecule has 602 valence electrons. The number of anilines is 2. The molecule has 6 aromatic rings. The molecule has 6 N–H and O–H groups in total. The smallest absolute Gasteiger partial charge is 0.475 e. The van der Waals surface area contributed by atoms with Crippen LogP contribution in [0.25, 0.3) is 16.0 Å². The van der Waals surface area contributed by atoms with E-state index in [1.807, 2.05) is 106 Å². The number of alkyl halides is 6. The number of thiazole rings is 1. The summed E-state index contributed by atoms with van der Waals surface area (Å²) in [4.78, 5) is 91.5. The zero-order valence-electron chi connectivity index (χ0n) is 62.4. The van der Waals surface area contributed by atoms with Gasteiger partial charge < -0.3 is 40.9 Å². The van der Waals surface area contributed by atoms with E-state index in [4.69, 9.17) is 21.5 Å². The average molecular weight is 1640 g/mol. The lowest BCUT2D eigenvalue weighted by Gasteiger charge is -2.37. The van der Waals surface area contributed by atoms with Crippen molar-refractivity contribution in [1.82, 2.24) is 39.9 Å². The number of aliphatic hydroxyl groups excluding tert-OH is 1. The number of likely N-dealkylation sites (tertiary alicyclic amines) is 1. The number of carboxylic acid groups (broad SMARTS) is 1. The molecule has 4 aliphatic rings. The quantitative estimate of drug-likeness (QED) is 0.0151. The summed E-state index contributed by atoms with van der Waals surface area (Å²) >= 11 is 9.15. The number of nitrogens with one attached hydrogen (secondary N) is 4. The first-order valence-corrected chi connectivity index (χ1v) is 42.1. The number of unbranched alkanes of at least 4 members (excludes halogenated alkanes) is 2. The second kappa shape index (κ2) is 38.6. The van der Waals surface area contributed by atoms with Crippen LogP contribution < -0.4 is 25.6 Å². The molecule has 1 aliphatic carbocycles. The number of benzene rings is 5. The van der Waals surface area contributed by atoms with Crippen molar-refractivity contribution in [2.24, 2.45) is 5.41 Å². The summed E-state index contributed by atoms with van der Waals surface area (Å²) in [6, 6.07) is 30.8. The largest absolute Gasteiger partial charge is 0.501 e. The lowest BCUT2D eigenvalue weighted by atomic mass is 9.85. The van der Waals surface area contributed by atoms with Crippen LogP contribution in [0, 0.1) is 12.3 Å². The molecule has 0 unspecified atom stereocenters. The molecule has 0 saturated carbocycles. The molecule has 0 spiro atoms. The number of amides is 5. The molecule has 0 bridgehead atoms. The molecule has 4 heterocycles. The summed E-state index contributed by atoms with van der Waals surface area (Å²) in [5.74, 6) is -4.86. The number of piperazine rings is 2. The van der Waals surface area contributed by atoms with Crippen LogP contribution in [0.3, 0.4) is 0 Å². The topological polar surface area (TPSA) is 288 Å². The zero-order valence-corrected chi connectivity index (χ0v) is 66.4. The highest BCUT2D eigenvalue weighted by atomic mass is 35.5. The number of carbonyl (C=O) groups is 6. The van der Waals surface area contributed by atoms with Crippen molar-refractivity contribution in [3.05, 3.63) is 160 Å². The van der Waals surface area contributed by atoms with Crippen LogP contribution in [0.15, 0.2) is 147 Å². The molecule has 10 rings (SSSR count). The molecule has 3 fully saturated rings. The van der Waals surface area contributed by atoms with Crippen LogP contribution in [-0.4, -0.2) is 201 Å². The third-order valence-electron chi connectivity index (χ3n) is 20.1. The second-order valence-electron chi connectivity index (χ2n) is 29.2. The van der Waals surface area contributed by atoms with Gasteiger partial charge >= 0.3 is 17.7 Å². The second-order valence-corrected chi connectivity index (χ2v) is 35.2. The first-order valence-electron chi connectivity index (χ1n) is 36.9. The van der Waals surface area contributed by atoms with Crippen LogP contribution in [-0.2, 0) is 43.8 Å². The number of sulfone groups is 1. The Morgan fingerprint density at radius 1 is 0.739 bits per heavy atom. The fraction of sp³-hybridized carbons (Fsp3) is 0.474. The Morgan fingerprint density at radius 3 is 1.99 bits per heavy atom. The lowest BCUT2D eigenvalue weighted by Crippen LogP contribution is -2.57. The van der Waals surface area contributed by atoms with Gasteiger partial charge in [0.15, 0.2) is 0 Å². The van der Waals surface area contributed by atoms with E-state index in [-0.39, 0.29) is 48.9 Å². The number of carbonyl (C=O) groups excluding carboxylic acids is 5. The predicted molar refractivity (Wildman–Crippen MR) is 416 cm³/mol. The van der Waals surface area contributed by atoms with Gasteiger partial charge in [-0.25, -0.2) is 31.3 Å². The van der Waals surface area contributed by atoms with Crippen molar-refractivity contribution in [3.8, 4) is 10.4 Å². The van der Waals surface area contributed by atoms with Gasteiger partial charge in [0.25, 0.3) is 25.8 Å². The number of carboxylic acids is 1. The molecular formula is C78H95ClF6N10O12S4. The Bertz CT molecular complexity index is 4460. The van der Waals surface area contributed by atoms with E-state index < -0.39 is 106 Å². The average Bonchev–Trinajstić information content (AvgIpc) is 1.82. The SMILES string of the molecule is Cc1ncsc1-c1ccc([C@H](C)NC(=O)[C@@H]2C[C@@H](O)CN2C(=O)[C@@H](NC(=O)CCCCCC(=O)N2CCN(CC[C@H](CSc3ccccc3)Nc3ccc(S(=O)(=O)NC(=O)c4ccc(N5CCN(CC6=C(c7ccc(Cl)cc7)CCCCC6)CC5)cc4)cc3S(=O)(=O)C(F)(F)F)CC2)C(C)(C)C)cc1.O=C(O)C(F)(F)F. The van der Waals surface area contributed by atoms with Gasteiger partial charge in [0.05, 0.1) is 38.8 Å². The summed E-state index contributed by atoms with van der Waals surface area (Å²) < 4.78 is 132. The number of thioether (sulfide) groups is 1. The number of aliphatic hydroxyl groups is 1. The Labute approximate surface area is 657 Å². The molecule has 5 amide bonds. The third-order valence-corrected chi connectivity index (χ3v) is 25.3. The van der Waals surface area contributed by atoms with Crippen molar-refractivity contribution >= 4 is 107 Å². The van der Waals surface area contributed by atoms with Gasteiger partial charge in [0, 0.05) is 124 Å². The van der Waals surface area contributed by atoms with Crippen molar-refractivity contribution in [2.75, 3.05) is 88.0 Å². The molecule has 1 aromatic heterocycles. The molecule has 5 aromatic carbocycles. The van der Waals surface area contributed by atoms with Crippen LogP contribution in [0.2, 0.25) is 5.02 Å². The number of nitrogens with zero attached hydrogens (tertiary/aromatic N) is 6. The van der Waals surface area contributed by atoms with Crippen LogP contribution in [0.4, 0.5) is 37.7 Å². The first-order chi connectivity index (χ1) is 52.4. The fourth-order valence-electron chi connectivity index (χ4n) is 13.8. The predicted octanol–water partition coefficient (Wildman–Crippen LogP) is 12.8. The van der Waals surface area contributed by atoms with Gasteiger partial charge in [-0.15, -0.1) is 23.1 Å². The molecule has 5 atom stereocenters. The number of rotatable bonds is 28. The van der Waals surface area contributed by atoms with Crippen molar-refractivity contribution in [1.29, 1.82) is 0 Å². The van der Waals surface area contributed by atoms with E-state index in [1.54, 1.807) is 33.9 Å². The number of halogens is 7. The Kier molecular flexibility index (Phi) is 30.2. The molecule has 3 saturated heterocycles. The van der Waals surface area contributed by atoms with Gasteiger partial charge in [0.1, 0.15) is 17.0 Å². The maximum Gasteiger partial charge on any atom is 0.501 e. The molecule has 111 heavy (non-hydrogen) atoms. The van der Waals surface area contributed by atoms with E-state index >= 15 is 0 Å². The van der Waals surface area contributed by atoms with E-state index in [1.165, 1.54) is 51.9 Å². The number of allylic oxidation sites excluding steroid dienone is 1. The Morgan fingerprint density at radius 2 is 1.37 bits per heavy atom. The van der Waals surface area contributed by atoms with Gasteiger partial charge in [0.2, 0.25) is 23.6 Å². The van der Waals surface area contributed by atoms with E-state index in [2.05, 4.69) is 47.8 Å². The fourth-order valence-corrected chi connectivity index (χ4v) is 17.7. The Hall–Kier alpha value is -8.11. The van der Waals surface area contributed by atoms with Gasteiger partial charge in [-0.1, -0.05) is 105 Å². The minimum atomic E-state index is -6.18. The van der Waals surface area contributed by atoms with Gasteiger partial charge in [-0.2, -0.15) is 26.3 Å². The summed E-state index contributed by atoms with van der Waals surface area (Å²) in [5, 5.41) is 27.5. The van der Waals surface area contributed by atoms with Crippen LogP contribution in [0.5, 0.6) is 0 Å². The standard InChI is InChI=1S/C76H94ClF3N10O10S4.C2HF3O2/c1-51(53-21-23-55(24-22-53)70-52(2)81-50-102-70)82-73(95)66-45-61(91)48-90(66)74(96)71(75(3,4)5)84-68(92)19-13-8-14-20-69(93)89-43-37-86(38-44-89)36-35-59(49-101-62-16-10-7-11-17-62)83-65-34-33-63(46-67(65)103(97,98)76(78,79)80)104(99,100)85-72(94)56-27-31-60(32-28-56)88-41-39-87(40-42-88)47-57-15-9-6-12-18-64(57)54-25-29-58(77)30-26-54;3-2(4,5)1(6)7/h7,10-11,16-17,21-34,46,50-51,59,61,66,71,83,91H,6,8-9,12-15,18-20,35-45,47-49H2,1-5H3,(H,82,95)(H,84,92)(H,85,94);(H,6,7)/t51-,59+,61+,66-,71+;/m0./s1. The van der Waals surface area contributed by atoms with Gasteiger partial charge in [-0.05, 0) is 153 Å². The minimum Gasteiger partial charge on any atom is -0.475 e. The van der Waals surface area contributed by atoms with E-state index in [9.17, 15) is 72.3 Å². The van der Waals surface area contributed by atoms with E-state index in [0.717, 1.165) is 89.7 Å². The van der Waals surface area contributed by atoms with Crippen molar-refractivity contribution in [3.63, 3.8) is 0 Å². The zero-order chi connectivity index (χ0) is 80.6. The summed E-state index contributed by atoms with van der Waals surface area (Å²) in [7, 11) is -11.1. The molecule has 0 radical (unpaired) electrons. The minimum absolute atomic E-state index is 0.0390. The Balaban J connectivity index is 0.00000193. The number of aryl methyl sites for hydroxylation is 1. The maximum atomic E-state index is 14.6. The van der Waals surface area contributed by atoms with Crippen molar-refractivity contribution < 1.29 is 82.2 Å². The highest BCUT2D eigenvalue weighted by Gasteiger charge is 2.49. The monoisotopic (exact) mass is 1640 g/mol. The number of aromatic nitrogens is 1. The summed E-state index contributed by atoms with van der Waals surface area (Å²) in [6.45, 7) is 15.2. The molecule has 22 nitrogen and oxygen atoms in total. The highest BCUT2D eigenvalue weighted by Crippen LogP contribution is 2.39. The summed E-state index contributed by atoms with van der Waals surface area (Å²) in [6.07, 6.45) is 1.71. The van der Waals surface area contributed by atoms with Crippen LogP contribution in [0.1, 0.15) is 138 Å². The number of β-amino-alcohol motifs (C(OH)–C–C–N with tert-alkyl or cyclic N) is 1. The van der Waals surface area contributed by atoms with Gasteiger partial charge in [-0.3, -0.25) is 33.8 Å². The van der Waals surface area contributed by atoms with Crippen molar-refractivity contribution in [2.45, 2.75) is 168 Å². The van der Waals surface area contributed by atoms with Crippen LogP contribution >= 0.6 is 34.7 Å². The lowest BCUT2D eigenvalue weighted by molar-refractivity contribution is -0.192. The maximum absolute atomic E-state index is 14.6. The molecular weight excluding hydrogens is 1550 g/mol. The number of hydrogen-bond acceptors (Lipinski definition) is 18.